The second-order valence-electron chi connectivity index (χ2n) is 7.72. The number of piperidine rings is 2. The molecule has 7 nitrogen and oxygen atoms in total. The molecule has 0 radical (unpaired) electrons. The molecule has 1 unspecified atom stereocenters. The van der Waals surface area contributed by atoms with E-state index in [-0.39, 0.29) is 11.9 Å². The number of hydrogen-bond acceptors (Lipinski definition) is 4. The van der Waals surface area contributed by atoms with Crippen LogP contribution in [-0.4, -0.2) is 91.7 Å². The second kappa shape index (κ2) is 9.55. The van der Waals surface area contributed by atoms with Crippen LogP contribution in [0.1, 0.15) is 39.0 Å². The van der Waals surface area contributed by atoms with Crippen LogP contribution in [0.5, 0.6) is 0 Å². The molecule has 3 rings (SSSR count). The van der Waals surface area contributed by atoms with Gasteiger partial charge in [0.15, 0.2) is 0 Å². The highest BCUT2D eigenvalue weighted by Crippen LogP contribution is 2.25. The highest BCUT2D eigenvalue weighted by atomic mass is 16.5. The van der Waals surface area contributed by atoms with E-state index in [1.54, 1.807) is 0 Å². The lowest BCUT2D eigenvalue weighted by atomic mass is 9.92. The molecule has 1 N–H and O–H groups in total. The quantitative estimate of drug-likeness (QED) is 0.810. The minimum atomic E-state index is 0.0734. The summed E-state index contributed by atoms with van der Waals surface area (Å²) in [5, 5.41) is 2.97. The Bertz CT molecular complexity index is 473. The van der Waals surface area contributed by atoms with Crippen LogP contribution < -0.4 is 5.32 Å². The van der Waals surface area contributed by atoms with Crippen LogP contribution in [0.3, 0.4) is 0 Å². The Morgan fingerprint density at radius 2 is 1.73 bits per heavy atom. The maximum Gasteiger partial charge on any atom is 0.317 e. The molecule has 0 aliphatic carbocycles. The predicted molar refractivity (Wildman–Crippen MR) is 100.0 cm³/mol. The first-order chi connectivity index (χ1) is 12.7. The smallest absolute Gasteiger partial charge is 0.317 e. The SMILES string of the molecule is CCCNC(=O)N1CCC(N2CCCC(C(=O)N3CCOCC3)C2)CC1. The fourth-order valence-corrected chi connectivity index (χ4v) is 4.36. The van der Waals surface area contributed by atoms with Crippen molar-refractivity contribution in [2.45, 2.75) is 45.1 Å². The summed E-state index contributed by atoms with van der Waals surface area (Å²) in [4.78, 5) is 31.3. The largest absolute Gasteiger partial charge is 0.378 e. The van der Waals surface area contributed by atoms with Crippen LogP contribution in [0.25, 0.3) is 0 Å². The minimum absolute atomic E-state index is 0.0734. The number of likely N-dealkylation sites (tertiary alicyclic amines) is 2. The third kappa shape index (κ3) is 4.88. The number of nitrogens with zero attached hydrogens (tertiary/aromatic N) is 3. The standard InChI is InChI=1S/C19H34N4O3/c1-2-7-20-19(25)22-9-5-17(6-10-22)23-8-3-4-16(15-23)18(24)21-11-13-26-14-12-21/h16-17H,2-15H2,1H3,(H,20,25). The van der Waals surface area contributed by atoms with Crippen molar-refractivity contribution in [1.82, 2.24) is 20.0 Å². The number of carbonyl (C=O) groups excluding carboxylic acids is 2. The highest BCUT2D eigenvalue weighted by Gasteiger charge is 2.34. The number of rotatable bonds is 4. The summed E-state index contributed by atoms with van der Waals surface area (Å²) in [5.41, 5.74) is 0. The van der Waals surface area contributed by atoms with E-state index < -0.39 is 0 Å². The lowest BCUT2D eigenvalue weighted by Crippen LogP contribution is -2.53. The predicted octanol–water partition coefficient (Wildman–Crippen LogP) is 1.14. The molecule has 0 aromatic heterocycles. The van der Waals surface area contributed by atoms with Crippen LogP contribution in [0.15, 0.2) is 0 Å². The summed E-state index contributed by atoms with van der Waals surface area (Å²) >= 11 is 0. The summed E-state index contributed by atoms with van der Waals surface area (Å²) in [6, 6.07) is 0.579. The molecule has 0 aromatic rings. The van der Waals surface area contributed by atoms with Crippen molar-refractivity contribution in [2.75, 3.05) is 59.0 Å². The molecule has 0 aromatic carbocycles. The Hall–Kier alpha value is -1.34. The van der Waals surface area contributed by atoms with E-state index >= 15 is 0 Å². The first kappa shape index (κ1) is 19.4. The van der Waals surface area contributed by atoms with Gasteiger partial charge in [-0.15, -0.1) is 0 Å². The van der Waals surface area contributed by atoms with Crippen LogP contribution >= 0.6 is 0 Å². The van der Waals surface area contributed by atoms with Gasteiger partial charge in [0.2, 0.25) is 5.91 Å². The maximum absolute atomic E-state index is 12.8. The molecule has 3 fully saturated rings. The van der Waals surface area contributed by atoms with Crippen molar-refractivity contribution in [1.29, 1.82) is 0 Å². The number of nitrogens with one attached hydrogen (secondary N) is 1. The topological polar surface area (TPSA) is 65.1 Å². The van der Waals surface area contributed by atoms with Gasteiger partial charge in [-0.05, 0) is 38.6 Å². The van der Waals surface area contributed by atoms with Crippen molar-refractivity contribution < 1.29 is 14.3 Å². The molecule has 0 spiro atoms. The van der Waals surface area contributed by atoms with Gasteiger partial charge in [-0.2, -0.15) is 0 Å². The molecule has 3 amide bonds. The van der Waals surface area contributed by atoms with Gasteiger partial charge in [0, 0.05) is 45.3 Å². The fourth-order valence-electron chi connectivity index (χ4n) is 4.36. The number of morpholine rings is 1. The summed E-state index contributed by atoms with van der Waals surface area (Å²) in [7, 11) is 0. The van der Waals surface area contributed by atoms with Crippen molar-refractivity contribution >= 4 is 11.9 Å². The zero-order chi connectivity index (χ0) is 18.4. The number of urea groups is 1. The third-order valence-electron chi connectivity index (χ3n) is 5.92. The van der Waals surface area contributed by atoms with E-state index in [9.17, 15) is 9.59 Å². The minimum Gasteiger partial charge on any atom is -0.378 e. The molecule has 3 aliphatic rings. The van der Waals surface area contributed by atoms with Crippen molar-refractivity contribution in [3.05, 3.63) is 0 Å². The molecule has 1 atom stereocenters. The Morgan fingerprint density at radius 3 is 2.42 bits per heavy atom. The molecule has 148 valence electrons. The van der Waals surface area contributed by atoms with Gasteiger partial charge in [0.25, 0.3) is 0 Å². The van der Waals surface area contributed by atoms with Gasteiger partial charge in [-0.1, -0.05) is 6.92 Å². The molecule has 3 aliphatic heterocycles. The summed E-state index contributed by atoms with van der Waals surface area (Å²) in [6.07, 6.45) is 5.09. The van der Waals surface area contributed by atoms with Gasteiger partial charge in [0.05, 0.1) is 19.1 Å². The van der Waals surface area contributed by atoms with Crippen molar-refractivity contribution in [3.8, 4) is 0 Å². The number of hydrogen-bond donors (Lipinski definition) is 1. The molecular formula is C19H34N4O3. The zero-order valence-electron chi connectivity index (χ0n) is 16.1. The average Bonchev–Trinajstić information content (AvgIpc) is 2.72. The lowest BCUT2D eigenvalue weighted by molar-refractivity contribution is -0.141. The molecule has 3 saturated heterocycles. The molecule has 3 heterocycles. The monoisotopic (exact) mass is 366 g/mol. The first-order valence-corrected chi connectivity index (χ1v) is 10.3. The van der Waals surface area contributed by atoms with Crippen LogP contribution in [0, 0.1) is 5.92 Å². The third-order valence-corrected chi connectivity index (χ3v) is 5.92. The fraction of sp³-hybridized carbons (Fsp3) is 0.895. The summed E-state index contributed by atoms with van der Waals surface area (Å²) in [5.74, 6) is 0.446. The van der Waals surface area contributed by atoms with Crippen LogP contribution in [0.2, 0.25) is 0 Å². The Balaban J connectivity index is 1.46. The van der Waals surface area contributed by atoms with Crippen molar-refractivity contribution in [3.63, 3.8) is 0 Å². The number of carbonyl (C=O) groups is 2. The van der Waals surface area contributed by atoms with Gasteiger partial charge < -0.3 is 19.9 Å². The van der Waals surface area contributed by atoms with Crippen LogP contribution in [-0.2, 0) is 9.53 Å². The second-order valence-corrected chi connectivity index (χ2v) is 7.72. The van der Waals surface area contributed by atoms with Gasteiger partial charge in [0.1, 0.15) is 0 Å². The van der Waals surface area contributed by atoms with E-state index in [1.807, 2.05) is 9.80 Å². The van der Waals surface area contributed by atoms with E-state index in [0.29, 0.717) is 25.2 Å². The summed E-state index contributed by atoms with van der Waals surface area (Å²) < 4.78 is 5.37. The highest BCUT2D eigenvalue weighted by molar-refractivity contribution is 5.79. The van der Waals surface area contributed by atoms with Gasteiger partial charge >= 0.3 is 6.03 Å². The number of ether oxygens (including phenoxy) is 1. The van der Waals surface area contributed by atoms with Gasteiger partial charge in [-0.3, -0.25) is 9.69 Å². The van der Waals surface area contributed by atoms with Crippen molar-refractivity contribution in [2.24, 2.45) is 5.92 Å². The molecule has 0 saturated carbocycles. The van der Waals surface area contributed by atoms with Crippen LogP contribution in [0.4, 0.5) is 4.79 Å². The van der Waals surface area contributed by atoms with E-state index in [4.69, 9.17) is 4.74 Å². The Labute approximate surface area is 157 Å². The van der Waals surface area contributed by atoms with E-state index in [2.05, 4.69) is 17.1 Å². The molecule has 26 heavy (non-hydrogen) atoms. The average molecular weight is 367 g/mol. The van der Waals surface area contributed by atoms with E-state index in [0.717, 1.165) is 77.9 Å². The van der Waals surface area contributed by atoms with E-state index in [1.165, 1.54) is 0 Å². The lowest BCUT2D eigenvalue weighted by Gasteiger charge is -2.43. The molecular weight excluding hydrogens is 332 g/mol. The summed E-state index contributed by atoms with van der Waals surface area (Å²) in [6.45, 7) is 9.22. The van der Waals surface area contributed by atoms with Gasteiger partial charge in [-0.25, -0.2) is 4.79 Å². The zero-order valence-corrected chi connectivity index (χ0v) is 16.1. The first-order valence-electron chi connectivity index (χ1n) is 10.3. The Kier molecular flexibility index (Phi) is 7.14. The molecule has 0 bridgehead atoms. The normalized spacial score (nSPS) is 26.0. The Morgan fingerprint density at radius 1 is 1.00 bits per heavy atom. The number of amides is 3. The maximum atomic E-state index is 12.8. The molecule has 7 heteroatoms.